The third-order valence-electron chi connectivity index (χ3n) is 5.76. The molecule has 0 bridgehead atoms. The van der Waals surface area contributed by atoms with E-state index in [0.717, 1.165) is 48.4 Å². The van der Waals surface area contributed by atoms with Crippen molar-refractivity contribution in [1.82, 2.24) is 19.9 Å². The fourth-order valence-corrected chi connectivity index (χ4v) is 3.94. The molecule has 0 aliphatic carbocycles. The summed E-state index contributed by atoms with van der Waals surface area (Å²) in [6.45, 7) is 4.11. The van der Waals surface area contributed by atoms with E-state index in [1.54, 1.807) is 19.3 Å². The summed E-state index contributed by atoms with van der Waals surface area (Å²) in [7, 11) is 3.15. The molecule has 2 aromatic heterocycles. The van der Waals surface area contributed by atoms with Gasteiger partial charge in [0, 0.05) is 38.3 Å². The standard InChI is InChI=1S/C22H25ClN6O2/c1-13-6-8-29(9-7-13)22-25-12-17(23)19(27-22)26-15-4-5-18-14(10-15)11-16(20(30)24-2)21(31)28(18)3/h4-5,10-13H,6-9H2,1-3H3,(H,24,30)(H,25,26,27). The van der Waals surface area contributed by atoms with E-state index in [2.05, 4.69) is 32.4 Å². The van der Waals surface area contributed by atoms with E-state index in [4.69, 9.17) is 11.6 Å². The lowest BCUT2D eigenvalue weighted by atomic mass is 10.00. The Bertz CT molecular complexity index is 1200. The van der Waals surface area contributed by atoms with E-state index in [1.165, 1.54) is 11.6 Å². The molecule has 1 aliphatic heterocycles. The van der Waals surface area contributed by atoms with E-state index in [-0.39, 0.29) is 11.1 Å². The monoisotopic (exact) mass is 440 g/mol. The van der Waals surface area contributed by atoms with Crippen molar-refractivity contribution in [2.45, 2.75) is 19.8 Å². The Morgan fingerprint density at radius 2 is 1.97 bits per heavy atom. The molecule has 1 saturated heterocycles. The predicted molar refractivity (Wildman–Crippen MR) is 124 cm³/mol. The van der Waals surface area contributed by atoms with Crippen LogP contribution in [0.4, 0.5) is 17.5 Å². The number of aryl methyl sites for hydroxylation is 1. The second-order valence-electron chi connectivity index (χ2n) is 7.94. The number of rotatable bonds is 4. The maximum absolute atomic E-state index is 12.5. The number of halogens is 1. The van der Waals surface area contributed by atoms with Gasteiger partial charge in [-0.15, -0.1) is 0 Å². The van der Waals surface area contributed by atoms with Crippen LogP contribution in [0.5, 0.6) is 0 Å². The molecule has 31 heavy (non-hydrogen) atoms. The Morgan fingerprint density at radius 1 is 1.23 bits per heavy atom. The van der Waals surface area contributed by atoms with Gasteiger partial charge >= 0.3 is 0 Å². The molecule has 1 aromatic carbocycles. The zero-order valence-electron chi connectivity index (χ0n) is 17.8. The predicted octanol–water partition coefficient (Wildman–Crippen LogP) is 3.32. The first-order valence-corrected chi connectivity index (χ1v) is 10.7. The minimum atomic E-state index is -0.416. The number of fused-ring (bicyclic) bond motifs is 1. The minimum absolute atomic E-state index is 0.0938. The number of benzene rings is 1. The molecule has 0 radical (unpaired) electrons. The van der Waals surface area contributed by atoms with Gasteiger partial charge in [0.2, 0.25) is 5.95 Å². The number of amides is 1. The van der Waals surface area contributed by atoms with Gasteiger partial charge in [-0.3, -0.25) is 9.59 Å². The van der Waals surface area contributed by atoms with Crippen molar-refractivity contribution in [1.29, 1.82) is 0 Å². The summed E-state index contributed by atoms with van der Waals surface area (Å²) >= 11 is 6.35. The van der Waals surface area contributed by atoms with Crippen molar-refractivity contribution in [3.05, 3.63) is 51.4 Å². The van der Waals surface area contributed by atoms with Gasteiger partial charge in [0.05, 0.1) is 11.7 Å². The van der Waals surface area contributed by atoms with Crippen LogP contribution >= 0.6 is 11.6 Å². The highest BCUT2D eigenvalue weighted by atomic mass is 35.5. The number of carbonyl (C=O) groups is 1. The Hall–Kier alpha value is -3.13. The minimum Gasteiger partial charge on any atom is -0.355 e. The molecule has 4 rings (SSSR count). The Morgan fingerprint density at radius 3 is 2.68 bits per heavy atom. The topological polar surface area (TPSA) is 92.2 Å². The largest absolute Gasteiger partial charge is 0.355 e. The van der Waals surface area contributed by atoms with E-state index in [1.807, 2.05) is 18.2 Å². The summed E-state index contributed by atoms with van der Waals surface area (Å²) in [5.41, 5.74) is 1.22. The van der Waals surface area contributed by atoms with Gasteiger partial charge in [-0.2, -0.15) is 4.98 Å². The molecular formula is C22H25ClN6O2. The third-order valence-corrected chi connectivity index (χ3v) is 6.03. The van der Waals surface area contributed by atoms with Gasteiger partial charge in [-0.1, -0.05) is 18.5 Å². The second-order valence-corrected chi connectivity index (χ2v) is 8.34. The average molecular weight is 441 g/mol. The fourth-order valence-electron chi connectivity index (χ4n) is 3.80. The van der Waals surface area contributed by atoms with Gasteiger partial charge in [-0.25, -0.2) is 4.98 Å². The van der Waals surface area contributed by atoms with Gasteiger partial charge in [-0.05, 0) is 43.0 Å². The molecule has 3 aromatic rings. The number of nitrogens with one attached hydrogen (secondary N) is 2. The van der Waals surface area contributed by atoms with Crippen LogP contribution in [0, 0.1) is 5.92 Å². The number of nitrogens with zero attached hydrogens (tertiary/aromatic N) is 4. The van der Waals surface area contributed by atoms with E-state index >= 15 is 0 Å². The Labute approximate surface area is 185 Å². The normalized spacial score (nSPS) is 14.6. The molecule has 8 nitrogen and oxygen atoms in total. The van der Waals surface area contributed by atoms with Crippen LogP contribution in [0.1, 0.15) is 30.1 Å². The molecule has 2 N–H and O–H groups in total. The quantitative estimate of drug-likeness (QED) is 0.646. The van der Waals surface area contributed by atoms with Gasteiger partial charge < -0.3 is 20.1 Å². The van der Waals surface area contributed by atoms with Crippen molar-refractivity contribution in [2.75, 3.05) is 30.4 Å². The van der Waals surface area contributed by atoms with Crippen LogP contribution in [0.3, 0.4) is 0 Å². The summed E-state index contributed by atoms with van der Waals surface area (Å²) in [6.07, 6.45) is 3.84. The number of anilines is 3. The highest BCUT2D eigenvalue weighted by Crippen LogP contribution is 2.28. The summed E-state index contributed by atoms with van der Waals surface area (Å²) in [5.74, 6) is 1.47. The van der Waals surface area contributed by atoms with Crippen LogP contribution in [-0.4, -0.2) is 40.6 Å². The molecule has 9 heteroatoms. The molecule has 3 heterocycles. The molecule has 0 saturated carbocycles. The molecule has 0 atom stereocenters. The molecule has 0 spiro atoms. The van der Waals surface area contributed by atoms with Crippen LogP contribution in [0.15, 0.2) is 35.3 Å². The van der Waals surface area contributed by atoms with Crippen LogP contribution in [-0.2, 0) is 7.05 Å². The number of hydrogen-bond donors (Lipinski definition) is 2. The third kappa shape index (κ3) is 4.20. The van der Waals surface area contributed by atoms with Crippen molar-refractivity contribution >= 4 is 45.9 Å². The van der Waals surface area contributed by atoms with Crippen molar-refractivity contribution in [3.8, 4) is 0 Å². The lowest BCUT2D eigenvalue weighted by Crippen LogP contribution is -2.34. The number of piperidine rings is 1. The average Bonchev–Trinajstić information content (AvgIpc) is 2.77. The molecule has 1 aliphatic rings. The van der Waals surface area contributed by atoms with Crippen LogP contribution in [0.25, 0.3) is 10.9 Å². The zero-order chi connectivity index (χ0) is 22.1. The summed E-state index contributed by atoms with van der Waals surface area (Å²) in [5, 5.41) is 6.93. The smallest absolute Gasteiger partial charge is 0.263 e. The first-order chi connectivity index (χ1) is 14.9. The molecule has 1 fully saturated rings. The van der Waals surface area contributed by atoms with Gasteiger partial charge in [0.1, 0.15) is 10.6 Å². The lowest BCUT2D eigenvalue weighted by Gasteiger charge is -2.30. The van der Waals surface area contributed by atoms with Gasteiger partial charge in [0.15, 0.2) is 5.82 Å². The van der Waals surface area contributed by atoms with Crippen molar-refractivity contribution in [2.24, 2.45) is 13.0 Å². The Kier molecular flexibility index (Phi) is 5.82. The van der Waals surface area contributed by atoms with Crippen molar-refractivity contribution in [3.63, 3.8) is 0 Å². The molecule has 1 amide bonds. The van der Waals surface area contributed by atoms with Crippen molar-refractivity contribution < 1.29 is 4.79 Å². The SMILES string of the molecule is CNC(=O)c1cc2cc(Nc3nc(N4CCC(C)CC4)ncc3Cl)ccc2n(C)c1=O. The summed E-state index contributed by atoms with van der Waals surface area (Å²) < 4.78 is 1.47. The highest BCUT2D eigenvalue weighted by molar-refractivity contribution is 6.32. The van der Waals surface area contributed by atoms with Crippen LogP contribution < -0.4 is 21.1 Å². The van der Waals surface area contributed by atoms with Crippen LogP contribution in [0.2, 0.25) is 5.02 Å². The number of aromatic nitrogens is 3. The zero-order valence-corrected chi connectivity index (χ0v) is 18.5. The number of carbonyl (C=O) groups excluding carboxylic acids is 1. The first-order valence-electron chi connectivity index (χ1n) is 10.3. The molecule has 162 valence electrons. The Balaban J connectivity index is 1.67. The molecule has 0 unspecified atom stereocenters. The summed E-state index contributed by atoms with van der Waals surface area (Å²) in [4.78, 5) is 35.8. The second kappa shape index (κ2) is 8.55. The number of pyridine rings is 1. The maximum atomic E-state index is 12.5. The maximum Gasteiger partial charge on any atom is 0.263 e. The lowest BCUT2D eigenvalue weighted by molar-refractivity contribution is 0.0961. The van der Waals surface area contributed by atoms with E-state index in [9.17, 15) is 9.59 Å². The fraction of sp³-hybridized carbons (Fsp3) is 0.364. The summed E-state index contributed by atoms with van der Waals surface area (Å²) in [6, 6.07) is 7.14. The highest BCUT2D eigenvalue weighted by Gasteiger charge is 2.19. The van der Waals surface area contributed by atoms with E-state index < -0.39 is 5.91 Å². The first kappa shape index (κ1) is 21.1. The van der Waals surface area contributed by atoms with Gasteiger partial charge in [0.25, 0.3) is 11.5 Å². The van der Waals surface area contributed by atoms with E-state index in [0.29, 0.717) is 16.8 Å². The number of hydrogen-bond acceptors (Lipinski definition) is 6. The molecular weight excluding hydrogens is 416 g/mol.